The van der Waals surface area contributed by atoms with E-state index in [1.807, 2.05) is 29.0 Å². The van der Waals surface area contributed by atoms with Gasteiger partial charge in [-0.1, -0.05) is 6.07 Å². The fourth-order valence-electron chi connectivity index (χ4n) is 3.28. The van der Waals surface area contributed by atoms with E-state index < -0.39 is 17.7 Å². The zero-order valence-corrected chi connectivity index (χ0v) is 18.9. The first-order valence-corrected chi connectivity index (χ1v) is 11.6. The van der Waals surface area contributed by atoms with Gasteiger partial charge in [-0.2, -0.15) is 5.26 Å². The third kappa shape index (κ3) is 5.97. The van der Waals surface area contributed by atoms with E-state index in [4.69, 9.17) is 4.74 Å². The van der Waals surface area contributed by atoms with Crippen LogP contribution in [0.5, 0.6) is 0 Å². The van der Waals surface area contributed by atoms with E-state index in [-0.39, 0.29) is 11.9 Å². The van der Waals surface area contributed by atoms with Gasteiger partial charge in [0.15, 0.2) is 0 Å². The van der Waals surface area contributed by atoms with Gasteiger partial charge in [0.1, 0.15) is 22.7 Å². The van der Waals surface area contributed by atoms with Gasteiger partial charge in [-0.05, 0) is 50.1 Å². The van der Waals surface area contributed by atoms with E-state index in [0.29, 0.717) is 18.5 Å². The minimum atomic E-state index is -0.719. The normalized spacial score (nSPS) is 17.3. The summed E-state index contributed by atoms with van der Waals surface area (Å²) in [6, 6.07) is 7.13. The molecule has 7 nitrogen and oxygen atoms in total. The standard InChI is InChI=1S/C21H26N4O3S2/c1-21(2,3)28-20(27)24-17(11-16-5-4-9-29-16)18(26)23-15-6-8-25(13-15)19-14(12-22)7-10-30-19/h4-5,7,9-10,15,17H,6,8,11,13H2,1-3H3,(H,23,26)(H,24,27)/t15-,17-/m0/s1. The van der Waals surface area contributed by atoms with Crippen molar-refractivity contribution >= 4 is 39.7 Å². The highest BCUT2D eigenvalue weighted by atomic mass is 32.1. The van der Waals surface area contributed by atoms with Crippen molar-refractivity contribution in [1.29, 1.82) is 5.26 Å². The van der Waals surface area contributed by atoms with Gasteiger partial charge in [-0.15, -0.1) is 22.7 Å². The molecule has 3 heterocycles. The van der Waals surface area contributed by atoms with Crippen LogP contribution in [0, 0.1) is 11.3 Å². The highest BCUT2D eigenvalue weighted by Gasteiger charge is 2.30. The SMILES string of the molecule is CC(C)(C)OC(=O)N[C@@H](Cc1cccs1)C(=O)N[C@H]1CCN(c2sccc2C#N)C1. The summed E-state index contributed by atoms with van der Waals surface area (Å²) < 4.78 is 5.33. The summed E-state index contributed by atoms with van der Waals surface area (Å²) in [6.45, 7) is 6.77. The molecule has 2 atom stereocenters. The van der Waals surface area contributed by atoms with Gasteiger partial charge >= 0.3 is 6.09 Å². The van der Waals surface area contributed by atoms with Crippen molar-refractivity contribution < 1.29 is 14.3 Å². The van der Waals surface area contributed by atoms with E-state index >= 15 is 0 Å². The Morgan fingerprint density at radius 3 is 2.80 bits per heavy atom. The molecule has 0 radical (unpaired) electrons. The first-order valence-electron chi connectivity index (χ1n) is 9.80. The maximum Gasteiger partial charge on any atom is 0.408 e. The van der Waals surface area contributed by atoms with E-state index in [0.717, 1.165) is 22.8 Å². The molecule has 2 aromatic rings. The number of ether oxygens (including phenoxy) is 1. The number of thiophene rings is 2. The van der Waals surface area contributed by atoms with Crippen LogP contribution in [-0.4, -0.2) is 42.8 Å². The molecule has 2 N–H and O–H groups in total. The minimum Gasteiger partial charge on any atom is -0.444 e. The first-order chi connectivity index (χ1) is 14.2. The van der Waals surface area contributed by atoms with Gasteiger partial charge in [0, 0.05) is 30.4 Å². The topological polar surface area (TPSA) is 94.5 Å². The summed E-state index contributed by atoms with van der Waals surface area (Å²) in [5, 5.41) is 19.8. The number of rotatable bonds is 6. The molecule has 1 fully saturated rings. The van der Waals surface area contributed by atoms with E-state index in [9.17, 15) is 14.9 Å². The van der Waals surface area contributed by atoms with Crippen LogP contribution >= 0.6 is 22.7 Å². The molecule has 1 aliphatic heterocycles. The lowest BCUT2D eigenvalue weighted by Gasteiger charge is -2.24. The molecule has 0 spiro atoms. The second kappa shape index (κ2) is 9.49. The average Bonchev–Trinajstić information content (AvgIpc) is 3.40. The Balaban J connectivity index is 1.63. The summed E-state index contributed by atoms with van der Waals surface area (Å²) in [6.07, 6.45) is 0.583. The Morgan fingerprint density at radius 1 is 1.33 bits per heavy atom. The first kappa shape index (κ1) is 22.1. The molecule has 0 aliphatic carbocycles. The van der Waals surface area contributed by atoms with Crippen LogP contribution in [0.4, 0.5) is 9.80 Å². The van der Waals surface area contributed by atoms with Crippen molar-refractivity contribution in [1.82, 2.24) is 10.6 Å². The lowest BCUT2D eigenvalue weighted by molar-refractivity contribution is -0.123. The van der Waals surface area contributed by atoms with Gasteiger partial charge in [0.05, 0.1) is 5.56 Å². The second-order valence-electron chi connectivity index (χ2n) is 8.17. The molecule has 1 saturated heterocycles. The maximum absolute atomic E-state index is 13.0. The molecule has 0 aromatic carbocycles. The largest absolute Gasteiger partial charge is 0.444 e. The van der Waals surface area contributed by atoms with Gasteiger partial charge < -0.3 is 20.3 Å². The second-order valence-corrected chi connectivity index (χ2v) is 10.1. The van der Waals surface area contributed by atoms with Gasteiger partial charge in [-0.25, -0.2) is 4.79 Å². The smallest absolute Gasteiger partial charge is 0.408 e. The molecule has 30 heavy (non-hydrogen) atoms. The minimum absolute atomic E-state index is 0.0441. The van der Waals surface area contributed by atoms with E-state index in [1.54, 1.807) is 32.1 Å². The van der Waals surface area contributed by atoms with Crippen LogP contribution in [0.1, 0.15) is 37.6 Å². The number of alkyl carbamates (subject to hydrolysis) is 1. The molecule has 160 valence electrons. The zero-order valence-electron chi connectivity index (χ0n) is 17.3. The Kier molecular flexibility index (Phi) is 7.00. The van der Waals surface area contributed by atoms with Crippen molar-refractivity contribution in [2.45, 2.75) is 51.3 Å². The van der Waals surface area contributed by atoms with Gasteiger partial charge in [-0.3, -0.25) is 4.79 Å². The number of nitrogens with one attached hydrogen (secondary N) is 2. The average molecular weight is 447 g/mol. The highest BCUT2D eigenvalue weighted by molar-refractivity contribution is 7.14. The van der Waals surface area contributed by atoms with Crippen molar-refractivity contribution in [3.8, 4) is 6.07 Å². The summed E-state index contributed by atoms with van der Waals surface area (Å²) in [7, 11) is 0. The van der Waals surface area contributed by atoms with Crippen LogP contribution in [0.2, 0.25) is 0 Å². The molecule has 2 aromatic heterocycles. The summed E-state index contributed by atoms with van der Waals surface area (Å²) in [4.78, 5) is 28.4. The molecule has 2 amide bonds. The number of anilines is 1. The molecule has 0 saturated carbocycles. The molecule has 1 aliphatic rings. The molecule has 0 bridgehead atoms. The molecule has 9 heteroatoms. The van der Waals surface area contributed by atoms with Crippen LogP contribution in [0.15, 0.2) is 29.0 Å². The van der Waals surface area contributed by atoms with Crippen molar-refractivity contribution in [3.63, 3.8) is 0 Å². The van der Waals surface area contributed by atoms with Crippen molar-refractivity contribution in [2.75, 3.05) is 18.0 Å². The summed E-state index contributed by atoms with van der Waals surface area (Å²) in [5.74, 6) is -0.229. The number of carbonyl (C=O) groups excluding carboxylic acids is 2. The van der Waals surface area contributed by atoms with Gasteiger partial charge in [0.25, 0.3) is 0 Å². The third-order valence-electron chi connectivity index (χ3n) is 4.58. The fraction of sp³-hybridized carbons (Fsp3) is 0.476. The summed E-state index contributed by atoms with van der Waals surface area (Å²) >= 11 is 3.08. The molecule has 3 rings (SSSR count). The fourth-order valence-corrected chi connectivity index (χ4v) is 4.93. The number of hydrogen-bond donors (Lipinski definition) is 2. The number of nitrogens with zero attached hydrogens (tertiary/aromatic N) is 2. The molecular formula is C21H26N4O3S2. The number of nitriles is 1. The monoisotopic (exact) mass is 446 g/mol. The quantitative estimate of drug-likeness (QED) is 0.708. The maximum atomic E-state index is 13.0. The summed E-state index contributed by atoms with van der Waals surface area (Å²) in [5.41, 5.74) is 0.0215. The lowest BCUT2D eigenvalue weighted by Crippen LogP contribution is -2.52. The zero-order chi connectivity index (χ0) is 21.7. The Labute approximate surface area is 184 Å². The Morgan fingerprint density at radius 2 is 2.13 bits per heavy atom. The molecular weight excluding hydrogens is 420 g/mol. The van der Waals surface area contributed by atoms with E-state index in [1.165, 1.54) is 11.3 Å². The van der Waals surface area contributed by atoms with Crippen LogP contribution in [-0.2, 0) is 16.0 Å². The predicted molar refractivity (Wildman–Crippen MR) is 119 cm³/mol. The van der Waals surface area contributed by atoms with Crippen LogP contribution in [0.25, 0.3) is 0 Å². The predicted octanol–water partition coefficient (Wildman–Crippen LogP) is 3.51. The number of hydrogen-bond acceptors (Lipinski definition) is 7. The van der Waals surface area contributed by atoms with Crippen molar-refractivity contribution in [3.05, 3.63) is 39.4 Å². The highest BCUT2D eigenvalue weighted by Crippen LogP contribution is 2.30. The Hall–Kier alpha value is -2.57. The Bertz CT molecular complexity index is 912. The van der Waals surface area contributed by atoms with Crippen LogP contribution < -0.4 is 15.5 Å². The lowest BCUT2D eigenvalue weighted by atomic mass is 10.1. The van der Waals surface area contributed by atoms with Crippen molar-refractivity contribution in [2.24, 2.45) is 0 Å². The van der Waals surface area contributed by atoms with Crippen LogP contribution in [0.3, 0.4) is 0 Å². The number of amides is 2. The number of carbonyl (C=O) groups is 2. The van der Waals surface area contributed by atoms with Gasteiger partial charge in [0.2, 0.25) is 5.91 Å². The third-order valence-corrected chi connectivity index (χ3v) is 6.45. The molecule has 0 unspecified atom stereocenters. The van der Waals surface area contributed by atoms with E-state index in [2.05, 4.69) is 21.6 Å².